The van der Waals surface area contributed by atoms with Gasteiger partial charge in [-0.3, -0.25) is 0 Å². The molecule has 0 amide bonds. The first-order valence-corrected chi connectivity index (χ1v) is 13.4. The van der Waals surface area contributed by atoms with E-state index < -0.39 is 74.1 Å². The van der Waals surface area contributed by atoms with Gasteiger partial charge in [-0.2, -0.15) is 0 Å². The summed E-state index contributed by atoms with van der Waals surface area (Å²) in [5.74, 6) is -0.717. The minimum Gasteiger partial charge on any atom is -0.508 e. The molecule has 1 aromatic rings. The van der Waals surface area contributed by atoms with Crippen molar-refractivity contribution < 1.29 is 74.4 Å². The van der Waals surface area contributed by atoms with Crippen molar-refractivity contribution in [2.75, 3.05) is 13.7 Å². The van der Waals surface area contributed by atoms with Crippen molar-refractivity contribution in [3.05, 3.63) is 64.8 Å². The van der Waals surface area contributed by atoms with Gasteiger partial charge in [-0.1, -0.05) is 0 Å². The van der Waals surface area contributed by atoms with Crippen LogP contribution < -0.4 is 4.74 Å². The third-order valence-corrected chi connectivity index (χ3v) is 7.55. The van der Waals surface area contributed by atoms with Crippen LogP contribution in [0.2, 0.25) is 0 Å². The number of benzene rings is 1. The van der Waals surface area contributed by atoms with Gasteiger partial charge < -0.3 is 74.4 Å². The van der Waals surface area contributed by atoms with Crippen LogP contribution in [0.15, 0.2) is 59.3 Å². The monoisotopic (exact) mass is 610 g/mol. The first-order valence-electron chi connectivity index (χ1n) is 13.4. The first-order chi connectivity index (χ1) is 20.4. The topological polar surface area (TPSA) is 237 Å². The number of methoxy groups -OCH3 is 1. The van der Waals surface area contributed by atoms with Gasteiger partial charge >= 0.3 is 0 Å². The molecular formula is C28H34O15. The number of rotatable bonds is 7. The molecule has 0 radical (unpaired) electrons. The number of ether oxygens (including phenoxy) is 6. The molecule has 11 atom stereocenters. The van der Waals surface area contributed by atoms with E-state index in [-0.39, 0.29) is 40.1 Å². The number of allylic oxidation sites excluding steroid dienone is 2. The Labute approximate surface area is 245 Å². The maximum absolute atomic E-state index is 10.7. The number of aliphatic hydroxyl groups is 8. The molecule has 0 spiro atoms. The smallest absolute Gasteiger partial charge is 0.229 e. The van der Waals surface area contributed by atoms with Crippen LogP contribution in [0, 0.1) is 0 Å². The van der Waals surface area contributed by atoms with Crippen LogP contribution in [-0.4, -0.2) is 127 Å². The van der Waals surface area contributed by atoms with E-state index in [2.05, 4.69) is 0 Å². The Morgan fingerprint density at radius 2 is 1.51 bits per heavy atom. The summed E-state index contributed by atoms with van der Waals surface area (Å²) < 4.78 is 33.8. The maximum Gasteiger partial charge on any atom is 0.229 e. The molecule has 43 heavy (non-hydrogen) atoms. The Morgan fingerprint density at radius 3 is 2.23 bits per heavy atom. The Balaban J connectivity index is 1.41. The summed E-state index contributed by atoms with van der Waals surface area (Å²) in [6.45, 7) is 0.958. The number of hydrogen-bond donors (Lipinski definition) is 9. The third-order valence-electron chi connectivity index (χ3n) is 7.55. The zero-order chi connectivity index (χ0) is 31.2. The number of phenolic OH excluding ortho intramolecular Hbond substituents is 1. The maximum atomic E-state index is 10.7. The highest BCUT2D eigenvalue weighted by Crippen LogP contribution is 2.40. The Hall–Kier alpha value is -3.38. The predicted molar refractivity (Wildman–Crippen MR) is 142 cm³/mol. The summed E-state index contributed by atoms with van der Waals surface area (Å²) in [6, 6.07) is 4.25. The van der Waals surface area contributed by atoms with E-state index in [0.717, 1.165) is 6.08 Å². The largest absolute Gasteiger partial charge is 0.508 e. The van der Waals surface area contributed by atoms with E-state index in [9.17, 15) is 46.0 Å². The van der Waals surface area contributed by atoms with Crippen molar-refractivity contribution in [1.29, 1.82) is 0 Å². The first kappa shape index (κ1) is 31.1. The third kappa shape index (κ3) is 6.04. The van der Waals surface area contributed by atoms with Crippen LogP contribution >= 0.6 is 0 Å². The average Bonchev–Trinajstić information content (AvgIpc) is 2.98. The van der Waals surface area contributed by atoms with E-state index in [1.165, 1.54) is 44.4 Å². The Bertz CT molecular complexity index is 1320. The second kappa shape index (κ2) is 12.3. The average molecular weight is 611 g/mol. The molecule has 2 fully saturated rings. The van der Waals surface area contributed by atoms with Crippen molar-refractivity contribution in [3.8, 4) is 11.5 Å². The van der Waals surface area contributed by atoms with Crippen molar-refractivity contribution in [2.45, 2.75) is 74.4 Å². The predicted octanol–water partition coefficient (Wildman–Crippen LogP) is -1.04. The number of aromatic hydroxyl groups is 1. The quantitative estimate of drug-likeness (QED) is 0.179. The summed E-state index contributed by atoms with van der Waals surface area (Å²) in [5, 5.41) is 92.6. The van der Waals surface area contributed by atoms with Crippen LogP contribution in [-0.2, 0) is 23.7 Å². The molecule has 4 aliphatic rings. The number of aliphatic hydroxyl groups excluding tert-OH is 8. The van der Waals surface area contributed by atoms with Crippen molar-refractivity contribution in [2.24, 2.45) is 0 Å². The van der Waals surface area contributed by atoms with Crippen molar-refractivity contribution >= 4 is 5.76 Å². The molecule has 3 heterocycles. The van der Waals surface area contributed by atoms with Crippen LogP contribution in [0.4, 0.5) is 0 Å². The lowest BCUT2D eigenvalue weighted by atomic mass is 9.96. The molecule has 236 valence electrons. The van der Waals surface area contributed by atoms with E-state index in [1.807, 2.05) is 0 Å². The lowest BCUT2D eigenvalue weighted by molar-refractivity contribution is -0.323. The molecule has 15 nitrogen and oxygen atoms in total. The molecule has 0 bridgehead atoms. The fourth-order valence-corrected chi connectivity index (χ4v) is 5.04. The molecule has 0 saturated carbocycles. The van der Waals surface area contributed by atoms with Crippen LogP contribution in [0.25, 0.3) is 5.76 Å². The standard InChI is InChI=1S/C28H34O15/c1-10-20(32)22(34)24(36)27(40-10)39-9-19-21(33)23(35)25(37)28(43-19)42-18-8-13-15(31)6-12(29)7-16(13)41-26(18)11-3-4-14(30)17(5-11)38-2/h3-8,10,16,19-25,27-37H,9H2,1-2H3/t10-,16?,19-,20-,21-,22+,23+,24-,25-,27+,28-/m1/s1. The second-order valence-corrected chi connectivity index (χ2v) is 10.5. The van der Waals surface area contributed by atoms with E-state index >= 15 is 0 Å². The van der Waals surface area contributed by atoms with Gasteiger partial charge in [-0.15, -0.1) is 0 Å². The van der Waals surface area contributed by atoms with Crippen molar-refractivity contribution in [1.82, 2.24) is 0 Å². The molecule has 0 aromatic heterocycles. The van der Waals surface area contributed by atoms with E-state index in [0.29, 0.717) is 5.56 Å². The van der Waals surface area contributed by atoms with Gasteiger partial charge in [-0.25, -0.2) is 0 Å². The minimum atomic E-state index is -1.79. The molecular weight excluding hydrogens is 576 g/mol. The van der Waals surface area contributed by atoms with E-state index in [4.69, 9.17) is 28.4 Å². The van der Waals surface area contributed by atoms with Crippen molar-refractivity contribution in [3.63, 3.8) is 0 Å². The molecule has 1 unspecified atom stereocenters. The summed E-state index contributed by atoms with van der Waals surface area (Å²) in [4.78, 5) is 0. The summed E-state index contributed by atoms with van der Waals surface area (Å²) >= 11 is 0. The van der Waals surface area contributed by atoms with Gasteiger partial charge in [-0.05, 0) is 31.2 Å². The fraction of sp³-hybridized carbons (Fsp3) is 0.500. The lowest BCUT2D eigenvalue weighted by Gasteiger charge is -2.42. The van der Waals surface area contributed by atoms with Crippen LogP contribution in [0.1, 0.15) is 12.5 Å². The highest BCUT2D eigenvalue weighted by Gasteiger charge is 2.48. The summed E-state index contributed by atoms with van der Waals surface area (Å²) in [7, 11) is 1.34. The molecule has 1 aliphatic carbocycles. The van der Waals surface area contributed by atoms with Gasteiger partial charge in [0.15, 0.2) is 29.3 Å². The zero-order valence-electron chi connectivity index (χ0n) is 23.0. The lowest BCUT2D eigenvalue weighted by Crippen LogP contribution is -2.61. The zero-order valence-corrected chi connectivity index (χ0v) is 23.0. The molecule has 15 heteroatoms. The highest BCUT2D eigenvalue weighted by molar-refractivity contribution is 5.70. The van der Waals surface area contributed by atoms with Gasteiger partial charge in [0.1, 0.15) is 60.4 Å². The molecule has 9 N–H and O–H groups in total. The molecule has 2 saturated heterocycles. The number of fused-ring (bicyclic) bond motifs is 1. The number of hydrogen-bond acceptors (Lipinski definition) is 15. The van der Waals surface area contributed by atoms with Gasteiger partial charge in [0.2, 0.25) is 6.29 Å². The van der Waals surface area contributed by atoms with Gasteiger partial charge in [0.05, 0.1) is 19.8 Å². The highest BCUT2D eigenvalue weighted by atomic mass is 16.7. The fourth-order valence-electron chi connectivity index (χ4n) is 5.04. The second-order valence-electron chi connectivity index (χ2n) is 10.5. The SMILES string of the molecule is COc1cc(C2=C(O[C@@H]3O[C@H](CO[C@H]4O[C@H](C)[C@@H](O)[C@H](O)[C@H]4O)[C@@H](O)[C@H](O)[C@H]3O)C=C3C(O)=CC(O)=CC3O2)ccc1O. The summed E-state index contributed by atoms with van der Waals surface area (Å²) in [5.41, 5.74) is 0.511. The molecule has 3 aliphatic heterocycles. The minimum absolute atomic E-state index is 0.0234. The van der Waals surface area contributed by atoms with Gasteiger partial charge in [0, 0.05) is 23.3 Å². The van der Waals surface area contributed by atoms with E-state index in [1.54, 1.807) is 0 Å². The Kier molecular flexibility index (Phi) is 8.89. The molecule has 5 rings (SSSR count). The molecule has 1 aromatic carbocycles. The number of phenols is 1. The van der Waals surface area contributed by atoms with Gasteiger partial charge in [0.25, 0.3) is 0 Å². The normalized spacial score (nSPS) is 37.9. The Morgan fingerprint density at radius 1 is 0.814 bits per heavy atom. The summed E-state index contributed by atoms with van der Waals surface area (Å²) in [6.07, 6.45) is -12.3. The van der Waals surface area contributed by atoms with Crippen LogP contribution in [0.5, 0.6) is 11.5 Å². The van der Waals surface area contributed by atoms with Crippen LogP contribution in [0.3, 0.4) is 0 Å².